The minimum atomic E-state index is -0.144. The molecule has 2 aliphatic heterocycles. The molecule has 2 N–H and O–H groups in total. The normalized spacial score (nSPS) is 28.5. The van der Waals surface area contributed by atoms with Crippen LogP contribution in [0.4, 0.5) is 0 Å². The minimum Gasteiger partial charge on any atom is -0.341 e. The summed E-state index contributed by atoms with van der Waals surface area (Å²) >= 11 is 0. The first-order valence-corrected chi connectivity index (χ1v) is 9.32. The zero-order valence-corrected chi connectivity index (χ0v) is 15.7. The van der Waals surface area contributed by atoms with Gasteiger partial charge in [-0.05, 0) is 25.2 Å². The molecule has 6 nitrogen and oxygen atoms in total. The standard InChI is InChI=1S/C18H34N4O2/c1-13-9-14(2)11-22(10-13)17(23)12-20-5-7-21(8-6-20)18(24)15(3)16(4)19/h13-16H,5-12,19H2,1-4H3. The maximum Gasteiger partial charge on any atom is 0.236 e. The highest BCUT2D eigenvalue weighted by molar-refractivity contribution is 5.80. The van der Waals surface area contributed by atoms with Gasteiger partial charge in [-0.15, -0.1) is 0 Å². The summed E-state index contributed by atoms with van der Waals surface area (Å²) in [7, 11) is 0. The summed E-state index contributed by atoms with van der Waals surface area (Å²) in [5, 5.41) is 0. The Morgan fingerprint density at radius 2 is 1.54 bits per heavy atom. The van der Waals surface area contributed by atoms with Gasteiger partial charge < -0.3 is 15.5 Å². The van der Waals surface area contributed by atoms with Crippen LogP contribution < -0.4 is 5.73 Å². The topological polar surface area (TPSA) is 69.9 Å². The fourth-order valence-electron chi connectivity index (χ4n) is 3.80. The van der Waals surface area contributed by atoms with Crippen molar-refractivity contribution in [3.8, 4) is 0 Å². The fraction of sp³-hybridized carbons (Fsp3) is 0.889. The van der Waals surface area contributed by atoms with E-state index in [0.29, 0.717) is 31.5 Å². The van der Waals surface area contributed by atoms with Crippen molar-refractivity contribution in [3.05, 3.63) is 0 Å². The summed E-state index contributed by atoms with van der Waals surface area (Å²) in [5.41, 5.74) is 5.83. The van der Waals surface area contributed by atoms with Crippen LogP contribution in [0.1, 0.15) is 34.1 Å². The lowest BCUT2D eigenvalue weighted by molar-refractivity contribution is -0.139. The molecular formula is C18H34N4O2. The highest BCUT2D eigenvalue weighted by atomic mass is 16.2. The monoisotopic (exact) mass is 338 g/mol. The van der Waals surface area contributed by atoms with E-state index < -0.39 is 0 Å². The number of amides is 2. The molecule has 0 radical (unpaired) electrons. The summed E-state index contributed by atoms with van der Waals surface area (Å²) in [6.45, 7) is 13.4. The quantitative estimate of drug-likeness (QED) is 0.816. The van der Waals surface area contributed by atoms with E-state index in [1.807, 2.05) is 23.6 Å². The SMILES string of the molecule is CC1CC(C)CN(C(=O)CN2CCN(C(=O)C(C)C(C)N)CC2)C1. The molecule has 0 spiro atoms. The molecule has 4 unspecified atom stereocenters. The molecule has 2 saturated heterocycles. The highest BCUT2D eigenvalue weighted by Gasteiger charge is 2.29. The molecule has 2 heterocycles. The maximum atomic E-state index is 12.6. The van der Waals surface area contributed by atoms with E-state index in [0.717, 1.165) is 26.2 Å². The van der Waals surface area contributed by atoms with Crippen LogP contribution in [0.2, 0.25) is 0 Å². The van der Waals surface area contributed by atoms with E-state index in [4.69, 9.17) is 5.73 Å². The van der Waals surface area contributed by atoms with Crippen molar-refractivity contribution in [1.29, 1.82) is 0 Å². The Hall–Kier alpha value is -1.14. The lowest BCUT2D eigenvalue weighted by atomic mass is 9.92. The van der Waals surface area contributed by atoms with Gasteiger partial charge in [0.2, 0.25) is 11.8 Å². The average molecular weight is 338 g/mol. The van der Waals surface area contributed by atoms with Gasteiger partial charge in [-0.1, -0.05) is 20.8 Å². The third-order valence-electron chi connectivity index (χ3n) is 5.44. The Balaban J connectivity index is 1.78. The fourth-order valence-corrected chi connectivity index (χ4v) is 3.80. The van der Waals surface area contributed by atoms with Crippen molar-refractivity contribution in [2.45, 2.75) is 40.2 Å². The largest absolute Gasteiger partial charge is 0.341 e. The molecule has 0 aromatic carbocycles. The number of piperidine rings is 1. The van der Waals surface area contributed by atoms with Crippen molar-refractivity contribution in [2.24, 2.45) is 23.5 Å². The lowest BCUT2D eigenvalue weighted by Gasteiger charge is -2.39. The van der Waals surface area contributed by atoms with E-state index in [2.05, 4.69) is 18.7 Å². The molecule has 2 amide bonds. The molecule has 2 rings (SSSR count). The number of hydrogen-bond acceptors (Lipinski definition) is 4. The number of carbonyl (C=O) groups excluding carboxylic acids is 2. The van der Waals surface area contributed by atoms with Crippen molar-refractivity contribution in [3.63, 3.8) is 0 Å². The molecule has 0 aliphatic carbocycles. The Labute approximate surface area is 146 Å². The third-order valence-corrected chi connectivity index (χ3v) is 5.44. The zero-order valence-electron chi connectivity index (χ0n) is 15.7. The van der Waals surface area contributed by atoms with Gasteiger partial charge in [0.25, 0.3) is 0 Å². The molecule has 0 aromatic rings. The Morgan fingerprint density at radius 3 is 2.04 bits per heavy atom. The van der Waals surface area contributed by atoms with E-state index in [1.54, 1.807) is 0 Å². The number of hydrogen-bond donors (Lipinski definition) is 1. The van der Waals surface area contributed by atoms with Gasteiger partial charge in [-0.2, -0.15) is 0 Å². The van der Waals surface area contributed by atoms with Gasteiger partial charge in [0.1, 0.15) is 0 Å². The first-order chi connectivity index (χ1) is 11.3. The summed E-state index contributed by atoms with van der Waals surface area (Å²) in [6, 6.07) is -0.125. The predicted octanol–water partition coefficient (Wildman–Crippen LogP) is 0.618. The first-order valence-electron chi connectivity index (χ1n) is 9.32. The molecule has 0 bridgehead atoms. The summed E-state index contributed by atoms with van der Waals surface area (Å²) < 4.78 is 0. The van der Waals surface area contributed by atoms with Crippen LogP contribution in [0.25, 0.3) is 0 Å². The summed E-state index contributed by atoms with van der Waals surface area (Å²) in [6.07, 6.45) is 1.21. The van der Waals surface area contributed by atoms with Crippen molar-refractivity contribution in [2.75, 3.05) is 45.8 Å². The van der Waals surface area contributed by atoms with E-state index >= 15 is 0 Å². The molecule has 0 saturated carbocycles. The van der Waals surface area contributed by atoms with Crippen LogP contribution >= 0.6 is 0 Å². The second-order valence-corrected chi connectivity index (χ2v) is 7.99. The van der Waals surface area contributed by atoms with Gasteiger partial charge in [-0.3, -0.25) is 14.5 Å². The zero-order chi connectivity index (χ0) is 17.9. The van der Waals surface area contributed by atoms with Crippen LogP contribution in [0.5, 0.6) is 0 Å². The summed E-state index contributed by atoms with van der Waals surface area (Å²) in [4.78, 5) is 31.0. The highest BCUT2D eigenvalue weighted by Crippen LogP contribution is 2.21. The van der Waals surface area contributed by atoms with E-state index in [9.17, 15) is 9.59 Å². The number of nitrogens with zero attached hydrogens (tertiary/aromatic N) is 3. The summed E-state index contributed by atoms with van der Waals surface area (Å²) in [5.74, 6) is 1.40. The molecule has 138 valence electrons. The minimum absolute atomic E-state index is 0.125. The first kappa shape index (κ1) is 19.2. The van der Waals surface area contributed by atoms with Gasteiger partial charge in [0.15, 0.2) is 0 Å². The van der Waals surface area contributed by atoms with Crippen LogP contribution in [-0.4, -0.2) is 78.4 Å². The number of likely N-dealkylation sites (tertiary alicyclic amines) is 1. The Morgan fingerprint density at radius 1 is 1.00 bits per heavy atom. The van der Waals surface area contributed by atoms with Crippen LogP contribution in [0, 0.1) is 17.8 Å². The molecule has 2 aliphatic rings. The van der Waals surface area contributed by atoms with Crippen LogP contribution in [0.15, 0.2) is 0 Å². The molecule has 2 fully saturated rings. The smallest absolute Gasteiger partial charge is 0.236 e. The lowest BCUT2D eigenvalue weighted by Crippen LogP contribution is -2.54. The van der Waals surface area contributed by atoms with E-state index in [1.165, 1.54) is 6.42 Å². The molecular weight excluding hydrogens is 304 g/mol. The second kappa shape index (κ2) is 8.30. The number of rotatable bonds is 4. The Bertz CT molecular complexity index is 436. The molecule has 6 heteroatoms. The Kier molecular flexibility index (Phi) is 6.63. The number of piperazine rings is 1. The maximum absolute atomic E-state index is 12.6. The van der Waals surface area contributed by atoms with E-state index in [-0.39, 0.29) is 23.8 Å². The molecule has 0 aromatic heterocycles. The van der Waals surface area contributed by atoms with Gasteiger partial charge in [-0.25, -0.2) is 0 Å². The van der Waals surface area contributed by atoms with Crippen LogP contribution in [-0.2, 0) is 9.59 Å². The molecule has 24 heavy (non-hydrogen) atoms. The van der Waals surface area contributed by atoms with Crippen molar-refractivity contribution in [1.82, 2.24) is 14.7 Å². The van der Waals surface area contributed by atoms with Crippen LogP contribution in [0.3, 0.4) is 0 Å². The third kappa shape index (κ3) is 4.93. The van der Waals surface area contributed by atoms with Gasteiger partial charge in [0.05, 0.1) is 12.5 Å². The average Bonchev–Trinajstić information content (AvgIpc) is 2.53. The number of nitrogens with two attached hydrogens (primary N) is 1. The van der Waals surface area contributed by atoms with Crippen molar-refractivity contribution >= 4 is 11.8 Å². The van der Waals surface area contributed by atoms with Crippen molar-refractivity contribution < 1.29 is 9.59 Å². The molecule has 4 atom stereocenters. The van der Waals surface area contributed by atoms with Gasteiger partial charge >= 0.3 is 0 Å². The van der Waals surface area contributed by atoms with Gasteiger partial charge in [0, 0.05) is 45.3 Å². The second-order valence-electron chi connectivity index (χ2n) is 7.99. The number of carbonyl (C=O) groups is 2. The predicted molar refractivity (Wildman–Crippen MR) is 95.4 cm³/mol.